The zero-order valence-electron chi connectivity index (χ0n) is 13.8. The highest BCUT2D eigenvalue weighted by molar-refractivity contribution is 5.95. The molecule has 5 heteroatoms. The van der Waals surface area contributed by atoms with Crippen molar-refractivity contribution in [3.8, 4) is 0 Å². The number of hydrogen-bond acceptors (Lipinski definition) is 4. The molecule has 0 aromatic heterocycles. The van der Waals surface area contributed by atoms with E-state index in [4.69, 9.17) is 4.74 Å². The number of carbonyl (C=O) groups excluding carboxylic acids is 2. The van der Waals surface area contributed by atoms with Gasteiger partial charge >= 0.3 is 6.09 Å². The van der Waals surface area contributed by atoms with Gasteiger partial charge in [-0.3, -0.25) is 9.69 Å². The number of ether oxygens (including phenoxy) is 1. The van der Waals surface area contributed by atoms with Gasteiger partial charge in [0.05, 0.1) is 12.0 Å². The second kappa shape index (κ2) is 6.71. The molecule has 124 valence electrons. The van der Waals surface area contributed by atoms with Gasteiger partial charge in [0.25, 0.3) is 0 Å². The monoisotopic (exact) mass is 316 g/mol. The minimum atomic E-state index is -0.476. The van der Waals surface area contributed by atoms with E-state index in [2.05, 4.69) is 24.0 Å². The zero-order chi connectivity index (χ0) is 16.4. The number of imide groups is 1. The molecular formula is C18H24N2O3. The first-order chi connectivity index (χ1) is 11.1. The Balaban J connectivity index is 1.66. The van der Waals surface area contributed by atoms with Crippen LogP contribution in [0.3, 0.4) is 0 Å². The van der Waals surface area contributed by atoms with E-state index in [0.29, 0.717) is 13.2 Å². The summed E-state index contributed by atoms with van der Waals surface area (Å²) in [4.78, 5) is 28.4. The molecule has 2 aliphatic heterocycles. The Morgan fingerprint density at radius 2 is 2.00 bits per heavy atom. The maximum absolute atomic E-state index is 12.8. The van der Waals surface area contributed by atoms with Crippen molar-refractivity contribution in [2.24, 2.45) is 11.8 Å². The lowest BCUT2D eigenvalue weighted by Gasteiger charge is -2.23. The van der Waals surface area contributed by atoms with E-state index in [-0.39, 0.29) is 23.8 Å². The van der Waals surface area contributed by atoms with Gasteiger partial charge in [0.2, 0.25) is 5.91 Å². The molecule has 0 unspecified atom stereocenters. The van der Waals surface area contributed by atoms with Crippen LogP contribution in [0.4, 0.5) is 4.79 Å². The van der Waals surface area contributed by atoms with Crippen molar-refractivity contribution in [2.45, 2.75) is 32.9 Å². The number of carbonyl (C=O) groups is 2. The average molecular weight is 316 g/mol. The predicted molar refractivity (Wildman–Crippen MR) is 86.6 cm³/mol. The largest absolute Gasteiger partial charge is 0.447 e. The smallest absolute Gasteiger partial charge is 0.416 e. The molecule has 0 spiro atoms. The first-order valence-corrected chi connectivity index (χ1v) is 8.36. The van der Waals surface area contributed by atoms with Crippen LogP contribution in [0.5, 0.6) is 0 Å². The topological polar surface area (TPSA) is 49.9 Å². The van der Waals surface area contributed by atoms with Crippen LogP contribution in [0.1, 0.15) is 25.8 Å². The van der Waals surface area contributed by atoms with E-state index in [1.165, 1.54) is 10.5 Å². The minimum absolute atomic E-state index is 0.0672. The molecule has 5 nitrogen and oxygen atoms in total. The van der Waals surface area contributed by atoms with Gasteiger partial charge in [-0.05, 0) is 17.9 Å². The summed E-state index contributed by atoms with van der Waals surface area (Å²) in [5.74, 6) is 0.0537. The highest BCUT2D eigenvalue weighted by Crippen LogP contribution is 2.29. The summed E-state index contributed by atoms with van der Waals surface area (Å²) in [7, 11) is 0. The molecule has 0 aliphatic carbocycles. The van der Waals surface area contributed by atoms with Crippen molar-refractivity contribution < 1.29 is 14.3 Å². The fraction of sp³-hybridized carbons (Fsp3) is 0.556. The van der Waals surface area contributed by atoms with Gasteiger partial charge in [-0.25, -0.2) is 9.69 Å². The Morgan fingerprint density at radius 3 is 2.70 bits per heavy atom. The van der Waals surface area contributed by atoms with E-state index in [1.807, 2.05) is 25.1 Å². The molecule has 3 atom stereocenters. The summed E-state index contributed by atoms with van der Waals surface area (Å²) < 4.78 is 5.06. The average Bonchev–Trinajstić information content (AvgIpc) is 3.10. The van der Waals surface area contributed by atoms with E-state index >= 15 is 0 Å². The van der Waals surface area contributed by atoms with Crippen molar-refractivity contribution in [1.82, 2.24) is 9.80 Å². The molecule has 2 fully saturated rings. The van der Waals surface area contributed by atoms with E-state index in [9.17, 15) is 9.59 Å². The van der Waals surface area contributed by atoms with Crippen LogP contribution in [-0.4, -0.2) is 47.5 Å². The summed E-state index contributed by atoms with van der Waals surface area (Å²) in [6, 6.07) is 10.2. The Kier molecular flexibility index (Phi) is 4.66. The summed E-state index contributed by atoms with van der Waals surface area (Å²) in [6.07, 6.45) is 0.266. The van der Waals surface area contributed by atoms with E-state index in [1.54, 1.807) is 0 Å². The minimum Gasteiger partial charge on any atom is -0.447 e. The zero-order valence-corrected chi connectivity index (χ0v) is 13.8. The van der Waals surface area contributed by atoms with Crippen LogP contribution in [0.25, 0.3) is 0 Å². The van der Waals surface area contributed by atoms with Gasteiger partial charge in [0, 0.05) is 19.6 Å². The lowest BCUT2D eigenvalue weighted by Crippen LogP contribution is -2.44. The molecule has 0 radical (unpaired) electrons. The highest BCUT2D eigenvalue weighted by atomic mass is 16.6. The predicted octanol–water partition coefficient (Wildman–Crippen LogP) is 2.51. The van der Waals surface area contributed by atoms with Crippen LogP contribution < -0.4 is 0 Å². The van der Waals surface area contributed by atoms with Gasteiger partial charge in [-0.15, -0.1) is 0 Å². The first kappa shape index (κ1) is 16.0. The third-order valence-corrected chi connectivity index (χ3v) is 4.92. The van der Waals surface area contributed by atoms with Crippen LogP contribution >= 0.6 is 0 Å². The van der Waals surface area contributed by atoms with Crippen molar-refractivity contribution in [3.63, 3.8) is 0 Å². The normalized spacial score (nSPS) is 28.2. The maximum Gasteiger partial charge on any atom is 0.416 e. The standard InChI is InChI=1S/C18H24N2O3/c1-3-15-12-23-18(22)20(15)17(21)16-11-19(9-13(16)2)10-14-7-5-4-6-8-14/h4-8,13,15-16H,3,9-12H2,1-2H3/t13-,15+,16-/m1/s1. The highest BCUT2D eigenvalue weighted by Gasteiger charge is 2.44. The number of cyclic esters (lactones) is 1. The van der Waals surface area contributed by atoms with Gasteiger partial charge < -0.3 is 4.74 Å². The van der Waals surface area contributed by atoms with Gasteiger partial charge in [-0.2, -0.15) is 0 Å². The first-order valence-electron chi connectivity index (χ1n) is 8.36. The molecule has 0 N–H and O–H groups in total. The Morgan fingerprint density at radius 1 is 1.26 bits per heavy atom. The molecule has 2 heterocycles. The molecule has 0 saturated carbocycles. The van der Waals surface area contributed by atoms with Crippen LogP contribution in [0.2, 0.25) is 0 Å². The van der Waals surface area contributed by atoms with Crippen molar-refractivity contribution in [2.75, 3.05) is 19.7 Å². The lowest BCUT2D eigenvalue weighted by atomic mass is 9.96. The lowest BCUT2D eigenvalue weighted by molar-refractivity contribution is -0.134. The van der Waals surface area contributed by atoms with E-state index < -0.39 is 6.09 Å². The van der Waals surface area contributed by atoms with Crippen molar-refractivity contribution >= 4 is 12.0 Å². The molecule has 23 heavy (non-hydrogen) atoms. The van der Waals surface area contributed by atoms with Crippen LogP contribution in [0, 0.1) is 11.8 Å². The molecule has 0 bridgehead atoms. The number of likely N-dealkylation sites (tertiary alicyclic amines) is 1. The quantitative estimate of drug-likeness (QED) is 0.856. The van der Waals surface area contributed by atoms with Crippen molar-refractivity contribution in [3.05, 3.63) is 35.9 Å². The van der Waals surface area contributed by atoms with E-state index in [0.717, 1.165) is 19.5 Å². The molecule has 2 saturated heterocycles. The molecule has 2 amide bonds. The summed E-state index contributed by atoms with van der Waals surface area (Å²) in [6.45, 7) is 6.83. The van der Waals surface area contributed by atoms with Gasteiger partial charge in [-0.1, -0.05) is 44.2 Å². The number of nitrogens with zero attached hydrogens (tertiary/aromatic N) is 2. The Hall–Kier alpha value is -1.88. The number of rotatable bonds is 4. The summed E-state index contributed by atoms with van der Waals surface area (Å²) in [5, 5.41) is 0. The SMILES string of the molecule is CC[C@H]1COC(=O)N1C(=O)[C@@H]1CN(Cc2ccccc2)C[C@H]1C. The molecule has 2 aliphatic rings. The molecule has 3 rings (SSSR count). The summed E-state index contributed by atoms with van der Waals surface area (Å²) >= 11 is 0. The number of benzene rings is 1. The van der Waals surface area contributed by atoms with Gasteiger partial charge in [0.1, 0.15) is 6.61 Å². The number of amides is 2. The number of hydrogen-bond donors (Lipinski definition) is 0. The van der Waals surface area contributed by atoms with Crippen molar-refractivity contribution in [1.29, 1.82) is 0 Å². The fourth-order valence-electron chi connectivity index (χ4n) is 3.57. The third kappa shape index (κ3) is 3.24. The van der Waals surface area contributed by atoms with Crippen LogP contribution in [-0.2, 0) is 16.1 Å². The fourth-order valence-corrected chi connectivity index (χ4v) is 3.57. The molecule has 1 aromatic rings. The maximum atomic E-state index is 12.8. The second-order valence-electron chi connectivity index (χ2n) is 6.61. The summed E-state index contributed by atoms with van der Waals surface area (Å²) in [5.41, 5.74) is 1.25. The van der Waals surface area contributed by atoms with Crippen LogP contribution in [0.15, 0.2) is 30.3 Å². The Labute approximate surface area is 137 Å². The molecular weight excluding hydrogens is 292 g/mol. The second-order valence-corrected chi connectivity index (χ2v) is 6.61. The molecule has 1 aromatic carbocycles. The third-order valence-electron chi connectivity index (χ3n) is 4.92. The Bertz CT molecular complexity index is 575. The van der Waals surface area contributed by atoms with Gasteiger partial charge in [0.15, 0.2) is 0 Å².